The maximum Gasteiger partial charge on any atom is 0.337 e. The van der Waals surface area contributed by atoms with Crippen LogP contribution >= 0.6 is 0 Å². The molecule has 20 heavy (non-hydrogen) atoms. The Labute approximate surface area is 125 Å². The predicted molar refractivity (Wildman–Crippen MR) is 88.3 cm³/mol. The van der Waals surface area contributed by atoms with Crippen molar-refractivity contribution in [3.05, 3.63) is 35.9 Å². The minimum absolute atomic E-state index is 0.828. The van der Waals surface area contributed by atoms with E-state index >= 15 is 0 Å². The maximum absolute atomic E-state index is 6.21. The first-order chi connectivity index (χ1) is 9.76. The molecule has 0 saturated carbocycles. The molecular weight excluding hydrogens is 264 g/mol. The highest BCUT2D eigenvalue weighted by molar-refractivity contribution is 6.67. The predicted octanol–water partition coefficient (Wildman–Crippen LogP) is 4.93. The first-order valence-electron chi connectivity index (χ1n) is 8.08. The Morgan fingerprint density at radius 3 is 2.00 bits per heavy atom. The number of unbranched alkanes of at least 4 members (excludes halogenated alkanes) is 1. The highest BCUT2D eigenvalue weighted by Crippen LogP contribution is 2.19. The molecule has 3 heteroatoms. The summed E-state index contributed by atoms with van der Waals surface area (Å²) in [4.78, 5) is 0. The van der Waals surface area contributed by atoms with Crippen LogP contribution in [-0.4, -0.2) is 21.8 Å². The van der Waals surface area contributed by atoms with Crippen molar-refractivity contribution in [3.8, 4) is 0 Å². The molecule has 0 unspecified atom stereocenters. The topological polar surface area (TPSA) is 18.5 Å². The minimum atomic E-state index is -1.92. The molecule has 114 valence electrons. The number of rotatable bonds is 11. The molecule has 0 aliphatic rings. The third-order valence-corrected chi connectivity index (χ3v) is 7.37. The second-order valence-corrected chi connectivity index (χ2v) is 9.07. The highest BCUT2D eigenvalue weighted by atomic mass is 28.4. The average molecular weight is 295 g/mol. The van der Waals surface area contributed by atoms with Gasteiger partial charge in [0.25, 0.3) is 0 Å². The fraction of sp³-hybridized carbons (Fsp3) is 0.647. The van der Waals surface area contributed by atoms with E-state index in [9.17, 15) is 0 Å². The van der Waals surface area contributed by atoms with Gasteiger partial charge >= 0.3 is 8.56 Å². The fourth-order valence-electron chi connectivity index (χ4n) is 2.28. The number of hydrogen-bond acceptors (Lipinski definition) is 2. The molecule has 0 aliphatic heterocycles. The second-order valence-electron chi connectivity index (χ2n) is 5.26. The third kappa shape index (κ3) is 6.20. The molecule has 2 nitrogen and oxygen atoms in total. The summed E-state index contributed by atoms with van der Waals surface area (Å²) in [6, 6.07) is 12.7. The lowest BCUT2D eigenvalue weighted by atomic mass is 10.1. The lowest BCUT2D eigenvalue weighted by Gasteiger charge is -2.28. The van der Waals surface area contributed by atoms with Gasteiger partial charge in [-0.15, -0.1) is 0 Å². The minimum Gasteiger partial charge on any atom is -0.394 e. The van der Waals surface area contributed by atoms with Gasteiger partial charge in [-0.05, 0) is 36.9 Å². The molecule has 0 heterocycles. The van der Waals surface area contributed by atoms with Crippen LogP contribution in [0.1, 0.15) is 45.6 Å². The van der Waals surface area contributed by atoms with Crippen LogP contribution in [0.5, 0.6) is 0 Å². The normalized spacial score (nSPS) is 11.8. The summed E-state index contributed by atoms with van der Waals surface area (Å²) in [6.07, 6.45) is 4.50. The largest absolute Gasteiger partial charge is 0.394 e. The lowest BCUT2D eigenvalue weighted by molar-refractivity contribution is 0.165. The number of aryl methyl sites for hydroxylation is 1. The van der Waals surface area contributed by atoms with E-state index in [1.54, 1.807) is 0 Å². The van der Waals surface area contributed by atoms with Gasteiger partial charge in [-0.2, -0.15) is 0 Å². The standard InChI is InChI=1S/C17H30O2Si/c1-4-7-15-18-20(5-2,6-3)19-16-11-14-17-12-9-8-10-13-17/h8-10,12-13H,4-7,11,14-16H2,1-3H3. The molecule has 0 bridgehead atoms. The zero-order valence-corrected chi connectivity index (χ0v) is 14.4. The lowest BCUT2D eigenvalue weighted by Crippen LogP contribution is -2.41. The summed E-state index contributed by atoms with van der Waals surface area (Å²) >= 11 is 0. The van der Waals surface area contributed by atoms with Crippen molar-refractivity contribution in [2.75, 3.05) is 13.2 Å². The molecule has 0 saturated heterocycles. The Balaban J connectivity index is 2.31. The summed E-state index contributed by atoms with van der Waals surface area (Å²) in [7, 11) is -1.92. The van der Waals surface area contributed by atoms with E-state index in [0.29, 0.717) is 0 Å². The van der Waals surface area contributed by atoms with Gasteiger partial charge in [0.05, 0.1) is 0 Å². The first-order valence-corrected chi connectivity index (χ1v) is 10.3. The molecule has 1 aromatic rings. The SMILES string of the molecule is CCCCO[Si](CC)(CC)OCCCc1ccccc1. The average Bonchev–Trinajstić information content (AvgIpc) is 2.51. The van der Waals surface area contributed by atoms with Crippen molar-refractivity contribution >= 4 is 8.56 Å². The first kappa shape index (κ1) is 17.4. The van der Waals surface area contributed by atoms with Crippen LogP contribution in [0.15, 0.2) is 30.3 Å². The Morgan fingerprint density at radius 2 is 1.45 bits per heavy atom. The summed E-state index contributed by atoms with van der Waals surface area (Å²) in [5, 5.41) is 0. The quantitative estimate of drug-likeness (QED) is 0.425. The molecule has 0 fully saturated rings. The monoisotopic (exact) mass is 294 g/mol. The van der Waals surface area contributed by atoms with E-state index in [2.05, 4.69) is 51.1 Å². The van der Waals surface area contributed by atoms with Gasteiger partial charge in [0.15, 0.2) is 0 Å². The van der Waals surface area contributed by atoms with E-state index in [4.69, 9.17) is 8.85 Å². The van der Waals surface area contributed by atoms with Crippen LogP contribution in [0.4, 0.5) is 0 Å². The van der Waals surface area contributed by atoms with Crippen molar-refractivity contribution in [2.24, 2.45) is 0 Å². The van der Waals surface area contributed by atoms with E-state index in [1.165, 1.54) is 12.0 Å². The van der Waals surface area contributed by atoms with E-state index in [1.807, 2.05) is 0 Å². The number of hydrogen-bond donors (Lipinski definition) is 0. The molecular formula is C17H30O2Si. The van der Waals surface area contributed by atoms with Crippen molar-refractivity contribution < 1.29 is 8.85 Å². The van der Waals surface area contributed by atoms with Gasteiger partial charge in [-0.3, -0.25) is 0 Å². The van der Waals surface area contributed by atoms with Gasteiger partial charge in [-0.25, -0.2) is 0 Å². The van der Waals surface area contributed by atoms with Crippen LogP contribution < -0.4 is 0 Å². The molecule has 0 aliphatic carbocycles. The smallest absolute Gasteiger partial charge is 0.337 e. The van der Waals surface area contributed by atoms with Gasteiger partial charge < -0.3 is 8.85 Å². The zero-order valence-electron chi connectivity index (χ0n) is 13.4. The third-order valence-electron chi connectivity index (χ3n) is 3.76. The zero-order chi connectivity index (χ0) is 14.7. The molecule has 0 N–H and O–H groups in total. The molecule has 0 atom stereocenters. The van der Waals surface area contributed by atoms with Crippen LogP contribution in [-0.2, 0) is 15.3 Å². The molecule has 0 aromatic heterocycles. The number of benzene rings is 1. The van der Waals surface area contributed by atoms with Gasteiger partial charge in [0, 0.05) is 13.2 Å². The molecule has 0 amide bonds. The molecule has 0 radical (unpaired) electrons. The van der Waals surface area contributed by atoms with E-state index in [0.717, 1.165) is 44.6 Å². The van der Waals surface area contributed by atoms with Crippen molar-refractivity contribution in [1.29, 1.82) is 0 Å². The van der Waals surface area contributed by atoms with E-state index in [-0.39, 0.29) is 0 Å². The molecule has 1 rings (SSSR count). The van der Waals surface area contributed by atoms with Crippen LogP contribution in [0.3, 0.4) is 0 Å². The van der Waals surface area contributed by atoms with Gasteiger partial charge in [0.1, 0.15) is 0 Å². The Hall–Kier alpha value is -0.643. The van der Waals surface area contributed by atoms with Crippen molar-refractivity contribution in [2.45, 2.75) is 58.5 Å². The fourth-order valence-corrected chi connectivity index (χ4v) is 4.71. The van der Waals surface area contributed by atoms with Gasteiger partial charge in [0.2, 0.25) is 0 Å². The van der Waals surface area contributed by atoms with E-state index < -0.39 is 8.56 Å². The Morgan fingerprint density at radius 1 is 0.850 bits per heavy atom. The van der Waals surface area contributed by atoms with Gasteiger partial charge in [-0.1, -0.05) is 57.5 Å². The summed E-state index contributed by atoms with van der Waals surface area (Å²) < 4.78 is 12.4. The Bertz CT molecular complexity index is 336. The molecule has 0 spiro atoms. The summed E-state index contributed by atoms with van der Waals surface area (Å²) in [6.45, 7) is 8.31. The highest BCUT2D eigenvalue weighted by Gasteiger charge is 2.33. The second kappa shape index (κ2) is 10.1. The van der Waals surface area contributed by atoms with Crippen molar-refractivity contribution in [1.82, 2.24) is 0 Å². The maximum atomic E-state index is 6.21. The summed E-state index contributed by atoms with van der Waals surface area (Å²) in [5.41, 5.74) is 1.39. The van der Waals surface area contributed by atoms with Crippen LogP contribution in [0, 0.1) is 0 Å². The van der Waals surface area contributed by atoms with Crippen molar-refractivity contribution in [3.63, 3.8) is 0 Å². The van der Waals surface area contributed by atoms with Crippen LogP contribution in [0.25, 0.3) is 0 Å². The molecule has 1 aromatic carbocycles. The summed E-state index contributed by atoms with van der Waals surface area (Å²) in [5.74, 6) is 0. The van der Waals surface area contributed by atoms with Crippen LogP contribution in [0.2, 0.25) is 12.1 Å². The Kier molecular flexibility index (Phi) is 8.82.